The topological polar surface area (TPSA) is 80.3 Å². The summed E-state index contributed by atoms with van der Waals surface area (Å²) in [5.74, 6) is 0.329. The fourth-order valence-electron chi connectivity index (χ4n) is 3.82. The van der Waals surface area contributed by atoms with Crippen molar-refractivity contribution in [2.24, 2.45) is 0 Å². The highest BCUT2D eigenvalue weighted by atomic mass is 16.5. The van der Waals surface area contributed by atoms with Crippen molar-refractivity contribution in [1.29, 1.82) is 0 Å². The van der Waals surface area contributed by atoms with E-state index >= 15 is 0 Å². The number of allylic oxidation sites excluding steroid dienone is 1. The van der Waals surface area contributed by atoms with E-state index in [1.807, 2.05) is 18.2 Å². The molecule has 1 aromatic heterocycles. The van der Waals surface area contributed by atoms with Crippen LogP contribution in [0.4, 0.5) is 5.69 Å². The lowest BCUT2D eigenvalue weighted by molar-refractivity contribution is 0.102. The highest BCUT2D eigenvalue weighted by Gasteiger charge is 2.28. The Morgan fingerprint density at radius 2 is 1.84 bits per heavy atom. The third kappa shape index (κ3) is 4.70. The van der Waals surface area contributed by atoms with Crippen molar-refractivity contribution in [3.63, 3.8) is 0 Å². The fraction of sp³-hybridized carbons (Fsp3) is 0.192. The predicted octanol–water partition coefficient (Wildman–Crippen LogP) is 4.49. The van der Waals surface area contributed by atoms with Crippen molar-refractivity contribution in [3.8, 4) is 5.75 Å². The molecule has 162 valence electrons. The average Bonchev–Trinajstić information content (AvgIpc) is 2.79. The molecule has 0 unspecified atom stereocenters. The first-order valence-electron chi connectivity index (χ1n) is 10.4. The second-order valence-corrected chi connectivity index (χ2v) is 8.40. The van der Waals surface area contributed by atoms with Gasteiger partial charge in [-0.2, -0.15) is 0 Å². The third-order valence-electron chi connectivity index (χ3n) is 5.34. The van der Waals surface area contributed by atoms with E-state index in [2.05, 4.69) is 29.5 Å². The monoisotopic (exact) mass is 427 g/mol. The molecule has 6 nitrogen and oxygen atoms in total. The molecule has 3 aromatic rings. The molecule has 2 aromatic carbocycles. The van der Waals surface area contributed by atoms with Crippen LogP contribution in [0.25, 0.3) is 5.70 Å². The smallest absolute Gasteiger partial charge is 0.255 e. The van der Waals surface area contributed by atoms with Crippen LogP contribution < -0.4 is 15.4 Å². The van der Waals surface area contributed by atoms with E-state index < -0.39 is 0 Å². The van der Waals surface area contributed by atoms with Crippen molar-refractivity contribution >= 4 is 23.1 Å². The summed E-state index contributed by atoms with van der Waals surface area (Å²) in [5.41, 5.74) is 4.22. The number of amides is 1. The first-order valence-corrected chi connectivity index (χ1v) is 10.4. The van der Waals surface area contributed by atoms with Gasteiger partial charge in [-0.3, -0.25) is 14.6 Å². The molecular formula is C26H25N3O3. The highest BCUT2D eigenvalue weighted by molar-refractivity contribution is 6.10. The van der Waals surface area contributed by atoms with E-state index in [1.54, 1.807) is 62.0 Å². The molecule has 1 aliphatic heterocycles. The van der Waals surface area contributed by atoms with Crippen LogP contribution in [0, 0.1) is 0 Å². The number of carbonyl (C=O) groups is 2. The van der Waals surface area contributed by atoms with Crippen LogP contribution in [0.15, 0.2) is 73.1 Å². The van der Waals surface area contributed by atoms with Gasteiger partial charge < -0.3 is 15.4 Å². The van der Waals surface area contributed by atoms with Crippen molar-refractivity contribution in [2.45, 2.75) is 25.8 Å². The first kappa shape index (κ1) is 21.3. The predicted molar refractivity (Wildman–Crippen MR) is 125 cm³/mol. The molecule has 0 radical (unpaired) electrons. The van der Waals surface area contributed by atoms with Crippen LogP contribution in [0.3, 0.4) is 0 Å². The Bertz CT molecular complexity index is 1200. The van der Waals surface area contributed by atoms with Gasteiger partial charge in [0.1, 0.15) is 5.75 Å². The van der Waals surface area contributed by atoms with Crippen molar-refractivity contribution in [3.05, 3.63) is 95.3 Å². The van der Waals surface area contributed by atoms with Gasteiger partial charge in [0, 0.05) is 52.1 Å². The van der Waals surface area contributed by atoms with Gasteiger partial charge in [-0.1, -0.05) is 18.2 Å². The van der Waals surface area contributed by atoms with E-state index in [1.165, 1.54) is 0 Å². The van der Waals surface area contributed by atoms with Gasteiger partial charge >= 0.3 is 0 Å². The van der Waals surface area contributed by atoms with Gasteiger partial charge in [-0.05, 0) is 62.2 Å². The van der Waals surface area contributed by atoms with Gasteiger partial charge in [0.15, 0.2) is 5.78 Å². The zero-order chi connectivity index (χ0) is 22.7. The largest absolute Gasteiger partial charge is 0.497 e. The number of fused-ring (bicyclic) bond motifs is 1. The van der Waals surface area contributed by atoms with E-state index in [9.17, 15) is 9.59 Å². The second-order valence-electron chi connectivity index (χ2n) is 8.40. The number of aromatic nitrogens is 1. The Kier molecular flexibility index (Phi) is 5.77. The maximum absolute atomic E-state index is 13.1. The van der Waals surface area contributed by atoms with Crippen LogP contribution in [-0.2, 0) is 6.42 Å². The molecule has 0 saturated carbocycles. The molecular weight excluding hydrogens is 402 g/mol. The van der Waals surface area contributed by atoms with Gasteiger partial charge in [0.2, 0.25) is 0 Å². The molecule has 0 fully saturated rings. The Morgan fingerprint density at radius 3 is 2.59 bits per heavy atom. The Labute approximate surface area is 187 Å². The summed E-state index contributed by atoms with van der Waals surface area (Å²) >= 11 is 0. The summed E-state index contributed by atoms with van der Waals surface area (Å²) < 4.78 is 5.38. The summed E-state index contributed by atoms with van der Waals surface area (Å²) in [6.07, 6.45) is 5.58. The van der Waals surface area contributed by atoms with Gasteiger partial charge in [-0.25, -0.2) is 0 Å². The number of hydrogen-bond acceptors (Lipinski definition) is 5. The summed E-state index contributed by atoms with van der Waals surface area (Å²) in [6.45, 7) is 4.21. The molecule has 0 bridgehead atoms. The number of pyridine rings is 1. The Hall–Kier alpha value is -3.93. The molecule has 4 rings (SSSR count). The van der Waals surface area contributed by atoms with Crippen molar-refractivity contribution < 1.29 is 14.3 Å². The number of anilines is 1. The molecule has 1 amide bonds. The second kappa shape index (κ2) is 8.67. The molecule has 32 heavy (non-hydrogen) atoms. The van der Waals surface area contributed by atoms with E-state index in [0.717, 1.165) is 29.0 Å². The highest BCUT2D eigenvalue weighted by Crippen LogP contribution is 2.32. The summed E-state index contributed by atoms with van der Waals surface area (Å²) in [6, 6.07) is 16.1. The van der Waals surface area contributed by atoms with E-state index in [4.69, 9.17) is 4.74 Å². The van der Waals surface area contributed by atoms with Crippen molar-refractivity contribution in [1.82, 2.24) is 10.3 Å². The number of carbonyl (C=O) groups excluding carboxylic acids is 2. The van der Waals surface area contributed by atoms with Crippen molar-refractivity contribution in [2.75, 3.05) is 12.4 Å². The lowest BCUT2D eigenvalue weighted by atomic mass is 9.85. The molecule has 0 spiro atoms. The molecule has 2 heterocycles. The lowest BCUT2D eigenvalue weighted by Gasteiger charge is -2.35. The Balaban J connectivity index is 1.61. The minimum absolute atomic E-state index is 0.154. The number of ketones is 1. The fourth-order valence-corrected chi connectivity index (χ4v) is 3.82. The summed E-state index contributed by atoms with van der Waals surface area (Å²) in [5, 5.41) is 6.31. The number of ether oxygens (including phenoxy) is 1. The van der Waals surface area contributed by atoms with E-state index in [-0.39, 0.29) is 17.2 Å². The number of rotatable bonds is 5. The minimum Gasteiger partial charge on any atom is -0.497 e. The lowest BCUT2D eigenvalue weighted by Crippen LogP contribution is -2.43. The molecule has 6 heteroatoms. The number of nitrogens with one attached hydrogen (secondary N) is 2. The van der Waals surface area contributed by atoms with Crippen LogP contribution in [0.5, 0.6) is 5.75 Å². The standard InChI is InChI=1S/C26H25N3O3/c1-26(2)16-19-7-8-21(32-3)14-22(19)23(29-26)15-24(30)18-5-4-6-20(13-18)28-25(31)17-9-11-27-12-10-17/h4-15,29H,16H2,1-3H3,(H,28,31)/b23-15-. The van der Waals surface area contributed by atoms with Gasteiger partial charge in [-0.15, -0.1) is 0 Å². The minimum atomic E-state index is -0.257. The third-order valence-corrected chi connectivity index (χ3v) is 5.34. The maximum Gasteiger partial charge on any atom is 0.255 e. The molecule has 0 atom stereocenters. The SMILES string of the molecule is COc1ccc2c(c1)/C(=C/C(=O)c1cccc(NC(=O)c3ccncc3)c1)NC(C)(C)C2. The van der Waals surface area contributed by atoms with Crippen LogP contribution >= 0.6 is 0 Å². The zero-order valence-electron chi connectivity index (χ0n) is 18.3. The molecule has 0 saturated heterocycles. The molecule has 2 N–H and O–H groups in total. The normalized spacial score (nSPS) is 15.4. The number of benzene rings is 2. The summed E-state index contributed by atoms with van der Waals surface area (Å²) in [7, 11) is 1.63. The number of hydrogen-bond donors (Lipinski definition) is 2. The van der Waals surface area contributed by atoms with E-state index in [0.29, 0.717) is 16.8 Å². The number of methoxy groups -OCH3 is 1. The summed E-state index contributed by atoms with van der Waals surface area (Å²) in [4.78, 5) is 29.5. The van der Waals surface area contributed by atoms with Gasteiger partial charge in [0.25, 0.3) is 5.91 Å². The number of nitrogens with zero attached hydrogens (tertiary/aromatic N) is 1. The Morgan fingerprint density at radius 1 is 1.06 bits per heavy atom. The van der Waals surface area contributed by atoms with Crippen LogP contribution in [-0.4, -0.2) is 29.3 Å². The quantitative estimate of drug-likeness (QED) is 0.463. The molecule has 1 aliphatic rings. The average molecular weight is 428 g/mol. The first-order chi connectivity index (χ1) is 15.3. The van der Waals surface area contributed by atoms with Crippen LogP contribution in [0.2, 0.25) is 0 Å². The van der Waals surface area contributed by atoms with Gasteiger partial charge in [0.05, 0.1) is 7.11 Å². The van der Waals surface area contributed by atoms with Crippen LogP contribution in [0.1, 0.15) is 45.7 Å². The zero-order valence-corrected chi connectivity index (χ0v) is 18.3. The maximum atomic E-state index is 13.1. The molecule has 0 aliphatic carbocycles.